The lowest BCUT2D eigenvalue weighted by Crippen LogP contribution is -2.25. The molecule has 0 atom stereocenters. The highest BCUT2D eigenvalue weighted by molar-refractivity contribution is 5.76. The van der Waals surface area contributed by atoms with Crippen LogP contribution in [0.2, 0.25) is 0 Å². The first-order valence-corrected chi connectivity index (χ1v) is 5.84. The average molecular weight is 237 g/mol. The Morgan fingerprint density at radius 1 is 1.47 bits per heavy atom. The first kappa shape index (κ1) is 13.4. The third-order valence-electron chi connectivity index (χ3n) is 2.14. The van der Waals surface area contributed by atoms with Gasteiger partial charge in [-0.1, -0.05) is 24.2 Å². The second-order valence-corrected chi connectivity index (χ2v) is 4.09. The van der Waals surface area contributed by atoms with Gasteiger partial charge in [0, 0.05) is 25.8 Å². The van der Waals surface area contributed by atoms with Crippen LogP contribution in [0.25, 0.3) is 0 Å². The molecule has 5 nitrogen and oxygen atoms in total. The van der Waals surface area contributed by atoms with Crippen molar-refractivity contribution in [1.82, 2.24) is 15.5 Å². The minimum absolute atomic E-state index is 0.0248. The number of rotatable bonds is 7. The van der Waals surface area contributed by atoms with E-state index in [4.69, 9.17) is 4.52 Å². The highest BCUT2D eigenvalue weighted by Gasteiger charge is 2.08. The van der Waals surface area contributed by atoms with Crippen LogP contribution in [0.15, 0.2) is 16.7 Å². The first-order valence-electron chi connectivity index (χ1n) is 5.84. The Morgan fingerprint density at radius 2 is 2.24 bits per heavy atom. The van der Waals surface area contributed by atoms with Crippen LogP contribution in [0.5, 0.6) is 0 Å². The molecule has 0 saturated heterocycles. The van der Waals surface area contributed by atoms with E-state index >= 15 is 0 Å². The summed E-state index contributed by atoms with van der Waals surface area (Å²) in [6, 6.07) is 0. The van der Waals surface area contributed by atoms with Crippen LogP contribution >= 0.6 is 0 Å². The Bertz CT molecular complexity index is 385. The molecule has 0 aromatic carbocycles. The Hall–Kier alpha value is -1.65. The molecule has 94 valence electrons. The lowest BCUT2D eigenvalue weighted by atomic mass is 10.2. The van der Waals surface area contributed by atoms with Crippen LogP contribution in [0, 0.1) is 0 Å². The van der Waals surface area contributed by atoms with E-state index in [1.54, 1.807) is 0 Å². The predicted octanol–water partition coefficient (Wildman–Crippen LogP) is 1.65. The molecule has 17 heavy (non-hydrogen) atoms. The highest BCUT2D eigenvalue weighted by Crippen LogP contribution is 2.03. The number of carbonyl (C=O) groups is 1. The largest absolute Gasteiger partial charge is 0.352 e. The van der Waals surface area contributed by atoms with Crippen LogP contribution in [0.3, 0.4) is 0 Å². The predicted molar refractivity (Wildman–Crippen MR) is 64.4 cm³/mol. The maximum atomic E-state index is 11.4. The maximum Gasteiger partial charge on any atom is 0.227 e. The van der Waals surface area contributed by atoms with Crippen LogP contribution < -0.4 is 5.32 Å². The van der Waals surface area contributed by atoms with Gasteiger partial charge in [-0.15, -0.1) is 0 Å². The second-order valence-electron chi connectivity index (χ2n) is 4.09. The van der Waals surface area contributed by atoms with E-state index in [-0.39, 0.29) is 5.91 Å². The molecule has 1 heterocycles. The van der Waals surface area contributed by atoms with E-state index in [2.05, 4.69) is 29.0 Å². The SMILES string of the molecule is C=C(C)CNC(=O)CCc1nc(CCC)no1. The van der Waals surface area contributed by atoms with Crippen molar-refractivity contribution in [1.29, 1.82) is 0 Å². The number of carbonyl (C=O) groups excluding carboxylic acids is 1. The van der Waals surface area contributed by atoms with Gasteiger partial charge < -0.3 is 9.84 Å². The lowest BCUT2D eigenvalue weighted by Gasteiger charge is -2.02. The van der Waals surface area contributed by atoms with E-state index < -0.39 is 0 Å². The topological polar surface area (TPSA) is 68.0 Å². The molecule has 0 radical (unpaired) electrons. The van der Waals surface area contributed by atoms with Crippen molar-refractivity contribution < 1.29 is 9.32 Å². The van der Waals surface area contributed by atoms with Crippen LogP contribution in [-0.4, -0.2) is 22.6 Å². The van der Waals surface area contributed by atoms with Crippen molar-refractivity contribution in [3.05, 3.63) is 23.9 Å². The molecule has 0 bridgehead atoms. The van der Waals surface area contributed by atoms with Gasteiger partial charge >= 0.3 is 0 Å². The van der Waals surface area contributed by atoms with E-state index in [0.717, 1.165) is 18.4 Å². The Labute approximate surface area is 101 Å². The summed E-state index contributed by atoms with van der Waals surface area (Å²) < 4.78 is 5.03. The third-order valence-corrected chi connectivity index (χ3v) is 2.14. The van der Waals surface area contributed by atoms with Gasteiger partial charge in [0.15, 0.2) is 5.82 Å². The lowest BCUT2D eigenvalue weighted by molar-refractivity contribution is -0.120. The van der Waals surface area contributed by atoms with Gasteiger partial charge in [-0.2, -0.15) is 4.98 Å². The Balaban J connectivity index is 2.29. The average Bonchev–Trinajstić information content (AvgIpc) is 2.72. The molecule has 0 unspecified atom stereocenters. The molecule has 1 amide bonds. The van der Waals surface area contributed by atoms with E-state index in [1.165, 1.54) is 0 Å². The first-order chi connectivity index (χ1) is 8.11. The fraction of sp³-hybridized carbons (Fsp3) is 0.583. The molecule has 1 rings (SSSR count). The molecule has 0 aliphatic rings. The standard InChI is InChI=1S/C12H19N3O2/c1-4-5-10-14-12(17-15-10)7-6-11(16)13-8-9(2)3/h2,4-8H2,1,3H3,(H,13,16). The quantitative estimate of drug-likeness (QED) is 0.732. The Kier molecular flexibility index (Phi) is 5.39. The van der Waals surface area contributed by atoms with Crippen LogP contribution in [0.1, 0.15) is 38.4 Å². The number of hydrogen-bond donors (Lipinski definition) is 1. The van der Waals surface area contributed by atoms with Gasteiger partial charge in [-0.3, -0.25) is 4.79 Å². The second kappa shape index (κ2) is 6.83. The monoisotopic (exact) mass is 237 g/mol. The van der Waals surface area contributed by atoms with Gasteiger partial charge in [0.25, 0.3) is 0 Å². The smallest absolute Gasteiger partial charge is 0.227 e. The van der Waals surface area contributed by atoms with E-state index in [1.807, 2.05) is 6.92 Å². The molecule has 0 saturated carbocycles. The summed E-state index contributed by atoms with van der Waals surface area (Å²) >= 11 is 0. The summed E-state index contributed by atoms with van der Waals surface area (Å²) in [5, 5.41) is 6.58. The zero-order valence-corrected chi connectivity index (χ0v) is 10.5. The van der Waals surface area contributed by atoms with Crippen LogP contribution in [-0.2, 0) is 17.6 Å². The summed E-state index contributed by atoms with van der Waals surface area (Å²) in [5.41, 5.74) is 0.932. The molecule has 0 fully saturated rings. The maximum absolute atomic E-state index is 11.4. The molecule has 0 spiro atoms. The summed E-state index contributed by atoms with van der Waals surface area (Å²) in [4.78, 5) is 15.6. The van der Waals surface area contributed by atoms with Gasteiger partial charge in [-0.05, 0) is 13.3 Å². The van der Waals surface area contributed by atoms with Gasteiger partial charge in [0.2, 0.25) is 11.8 Å². The number of amides is 1. The summed E-state index contributed by atoms with van der Waals surface area (Å²) in [7, 11) is 0. The number of nitrogens with zero attached hydrogens (tertiary/aromatic N) is 2. The van der Waals surface area contributed by atoms with Crippen molar-refractivity contribution in [2.24, 2.45) is 0 Å². The molecule has 1 aromatic heterocycles. The minimum Gasteiger partial charge on any atom is -0.352 e. The molecule has 0 aliphatic heterocycles. The number of hydrogen-bond acceptors (Lipinski definition) is 4. The van der Waals surface area contributed by atoms with Crippen molar-refractivity contribution in [2.45, 2.75) is 39.5 Å². The van der Waals surface area contributed by atoms with E-state index in [9.17, 15) is 4.79 Å². The zero-order valence-electron chi connectivity index (χ0n) is 10.5. The van der Waals surface area contributed by atoms with Gasteiger partial charge in [-0.25, -0.2) is 0 Å². The fourth-order valence-corrected chi connectivity index (χ4v) is 1.28. The minimum atomic E-state index is -0.0248. The van der Waals surface area contributed by atoms with Crippen molar-refractivity contribution in [3.63, 3.8) is 0 Å². The molecule has 1 N–H and O–H groups in total. The zero-order chi connectivity index (χ0) is 12.7. The van der Waals surface area contributed by atoms with Crippen molar-refractivity contribution in [2.75, 3.05) is 6.54 Å². The summed E-state index contributed by atoms with van der Waals surface area (Å²) in [6.07, 6.45) is 2.64. The molecule has 0 aliphatic carbocycles. The highest BCUT2D eigenvalue weighted by atomic mass is 16.5. The molecular formula is C12H19N3O2. The summed E-state index contributed by atoms with van der Waals surface area (Å²) in [5.74, 6) is 1.21. The molecular weight excluding hydrogens is 218 g/mol. The Morgan fingerprint density at radius 3 is 2.88 bits per heavy atom. The van der Waals surface area contributed by atoms with Crippen LogP contribution in [0.4, 0.5) is 0 Å². The number of nitrogens with one attached hydrogen (secondary N) is 1. The molecule has 1 aromatic rings. The van der Waals surface area contributed by atoms with Gasteiger partial charge in [0.1, 0.15) is 0 Å². The van der Waals surface area contributed by atoms with Crippen molar-refractivity contribution >= 4 is 5.91 Å². The third kappa shape index (κ3) is 5.29. The van der Waals surface area contributed by atoms with Gasteiger partial charge in [0.05, 0.1) is 0 Å². The molecule has 5 heteroatoms. The normalized spacial score (nSPS) is 10.2. The summed E-state index contributed by atoms with van der Waals surface area (Å²) in [6.45, 7) is 8.16. The number of aryl methyl sites for hydroxylation is 2. The van der Waals surface area contributed by atoms with E-state index in [0.29, 0.717) is 31.1 Å². The fourth-order valence-electron chi connectivity index (χ4n) is 1.28. The van der Waals surface area contributed by atoms with Crippen molar-refractivity contribution in [3.8, 4) is 0 Å². The number of aromatic nitrogens is 2.